The minimum Gasteiger partial charge on any atom is -0.353 e. The third-order valence-corrected chi connectivity index (χ3v) is 4.55. The van der Waals surface area contributed by atoms with Gasteiger partial charge in [0.05, 0.1) is 11.4 Å². The van der Waals surface area contributed by atoms with Crippen molar-refractivity contribution < 1.29 is 4.79 Å². The van der Waals surface area contributed by atoms with Gasteiger partial charge < -0.3 is 5.32 Å². The van der Waals surface area contributed by atoms with Crippen molar-refractivity contribution in [2.24, 2.45) is 0 Å². The van der Waals surface area contributed by atoms with E-state index in [4.69, 9.17) is 0 Å². The zero-order valence-electron chi connectivity index (χ0n) is 14.0. The predicted octanol–water partition coefficient (Wildman–Crippen LogP) is 3.48. The van der Waals surface area contributed by atoms with Crippen LogP contribution in [0.25, 0.3) is 5.69 Å². The van der Waals surface area contributed by atoms with Crippen molar-refractivity contribution in [2.75, 3.05) is 0 Å². The number of hydrogen-bond donors (Lipinski definition) is 1. The molecule has 0 saturated heterocycles. The quantitative estimate of drug-likeness (QED) is 0.919. The van der Waals surface area contributed by atoms with Gasteiger partial charge in [-0.05, 0) is 56.9 Å². The average molecular weight is 311 g/mol. The Balaban J connectivity index is 1.55. The predicted molar refractivity (Wildman–Crippen MR) is 91.8 cm³/mol. The molecule has 0 spiro atoms. The minimum absolute atomic E-state index is 0.180. The fourth-order valence-electron chi connectivity index (χ4n) is 3.32. The summed E-state index contributed by atoms with van der Waals surface area (Å²) >= 11 is 0. The monoisotopic (exact) mass is 311 g/mol. The highest BCUT2D eigenvalue weighted by Crippen LogP contribution is 2.18. The van der Waals surface area contributed by atoms with Crippen molar-refractivity contribution in [2.45, 2.75) is 58.4 Å². The Morgan fingerprint density at radius 1 is 1.22 bits per heavy atom. The molecule has 1 heterocycles. The van der Waals surface area contributed by atoms with Crippen LogP contribution in [0, 0.1) is 13.8 Å². The highest BCUT2D eigenvalue weighted by atomic mass is 16.1. The lowest BCUT2D eigenvalue weighted by atomic mass is 10.1. The maximum atomic E-state index is 12.0. The first kappa shape index (κ1) is 15.8. The molecular formula is C19H25N3O. The van der Waals surface area contributed by atoms with E-state index in [1.165, 1.54) is 18.4 Å². The molecule has 1 aliphatic carbocycles. The third-order valence-electron chi connectivity index (χ3n) is 4.55. The Hall–Kier alpha value is -2.10. The molecule has 1 aromatic heterocycles. The zero-order valence-corrected chi connectivity index (χ0v) is 14.0. The van der Waals surface area contributed by atoms with Gasteiger partial charge in [-0.1, -0.05) is 25.0 Å². The first-order valence-corrected chi connectivity index (χ1v) is 8.54. The highest BCUT2D eigenvalue weighted by Gasteiger charge is 2.16. The molecule has 1 N–H and O–H groups in total. The van der Waals surface area contributed by atoms with Crippen LogP contribution in [0.2, 0.25) is 0 Å². The number of aromatic nitrogens is 2. The second kappa shape index (κ2) is 6.99. The van der Waals surface area contributed by atoms with E-state index >= 15 is 0 Å². The summed E-state index contributed by atoms with van der Waals surface area (Å²) in [5.41, 5.74) is 4.41. The van der Waals surface area contributed by atoms with Gasteiger partial charge in [0.2, 0.25) is 5.91 Å². The van der Waals surface area contributed by atoms with Crippen LogP contribution in [-0.4, -0.2) is 21.7 Å². The molecule has 1 aromatic carbocycles. The number of carbonyl (C=O) groups excluding carboxylic acids is 1. The van der Waals surface area contributed by atoms with Crippen LogP contribution in [0.15, 0.2) is 30.3 Å². The van der Waals surface area contributed by atoms with Gasteiger partial charge in [0.15, 0.2) is 0 Å². The molecule has 23 heavy (non-hydrogen) atoms. The van der Waals surface area contributed by atoms with Gasteiger partial charge in [0.25, 0.3) is 0 Å². The average Bonchev–Trinajstić information content (AvgIpc) is 3.15. The van der Waals surface area contributed by atoms with E-state index in [1.54, 1.807) is 0 Å². The molecule has 1 fully saturated rings. The van der Waals surface area contributed by atoms with Crippen LogP contribution in [0.5, 0.6) is 0 Å². The molecule has 0 atom stereocenters. The second-order valence-corrected chi connectivity index (χ2v) is 6.55. The van der Waals surface area contributed by atoms with Crippen LogP contribution in [0.3, 0.4) is 0 Å². The third kappa shape index (κ3) is 4.01. The lowest BCUT2D eigenvalue weighted by Gasteiger charge is -2.12. The molecule has 1 saturated carbocycles. The highest BCUT2D eigenvalue weighted by molar-refractivity contribution is 5.76. The summed E-state index contributed by atoms with van der Waals surface area (Å²) < 4.78 is 1.95. The van der Waals surface area contributed by atoms with E-state index in [1.807, 2.05) is 11.6 Å². The van der Waals surface area contributed by atoms with Crippen molar-refractivity contribution in [3.05, 3.63) is 47.3 Å². The van der Waals surface area contributed by atoms with E-state index in [9.17, 15) is 4.79 Å². The summed E-state index contributed by atoms with van der Waals surface area (Å²) in [5, 5.41) is 7.64. The van der Waals surface area contributed by atoms with E-state index in [0.29, 0.717) is 12.5 Å². The molecule has 1 amide bonds. The van der Waals surface area contributed by atoms with Crippen molar-refractivity contribution in [3.63, 3.8) is 0 Å². The standard InChI is InChI=1S/C19H25N3O/c1-14-13-15(2)22(21-14)18-10-7-16(8-11-18)9-12-19(23)20-17-5-3-4-6-17/h7-8,10-11,13,17H,3-6,9,12H2,1-2H3,(H,20,23). The van der Waals surface area contributed by atoms with Crippen LogP contribution >= 0.6 is 0 Å². The van der Waals surface area contributed by atoms with E-state index in [0.717, 1.165) is 36.3 Å². The number of hydrogen-bond acceptors (Lipinski definition) is 2. The van der Waals surface area contributed by atoms with Gasteiger partial charge in [-0.15, -0.1) is 0 Å². The SMILES string of the molecule is Cc1cc(C)n(-c2ccc(CCC(=O)NC3CCCC3)cc2)n1. The number of nitrogens with zero attached hydrogens (tertiary/aromatic N) is 2. The van der Waals surface area contributed by atoms with Crippen molar-refractivity contribution in [1.82, 2.24) is 15.1 Å². The lowest BCUT2D eigenvalue weighted by Crippen LogP contribution is -2.32. The van der Waals surface area contributed by atoms with Gasteiger partial charge in [-0.3, -0.25) is 4.79 Å². The molecular weight excluding hydrogens is 286 g/mol. The Kier molecular flexibility index (Phi) is 4.79. The summed E-state index contributed by atoms with van der Waals surface area (Å²) in [5.74, 6) is 0.180. The first-order valence-electron chi connectivity index (χ1n) is 8.54. The van der Waals surface area contributed by atoms with Crippen molar-refractivity contribution >= 4 is 5.91 Å². The number of benzene rings is 1. The molecule has 4 nitrogen and oxygen atoms in total. The number of aryl methyl sites for hydroxylation is 3. The van der Waals surface area contributed by atoms with Crippen LogP contribution in [-0.2, 0) is 11.2 Å². The topological polar surface area (TPSA) is 46.9 Å². The molecule has 0 aliphatic heterocycles. The van der Waals surface area contributed by atoms with Crippen LogP contribution in [0.4, 0.5) is 0 Å². The maximum Gasteiger partial charge on any atom is 0.220 e. The van der Waals surface area contributed by atoms with E-state index < -0.39 is 0 Å². The molecule has 1 aliphatic rings. The Labute approximate surface area is 137 Å². The number of nitrogens with one attached hydrogen (secondary N) is 1. The Morgan fingerprint density at radius 2 is 1.91 bits per heavy atom. The van der Waals surface area contributed by atoms with E-state index in [2.05, 4.69) is 47.7 Å². The van der Waals surface area contributed by atoms with Crippen LogP contribution < -0.4 is 5.32 Å². The molecule has 122 valence electrons. The molecule has 0 bridgehead atoms. The van der Waals surface area contributed by atoms with Gasteiger partial charge in [0.1, 0.15) is 0 Å². The van der Waals surface area contributed by atoms with Crippen molar-refractivity contribution in [3.8, 4) is 5.69 Å². The molecule has 0 unspecified atom stereocenters. The molecule has 0 radical (unpaired) electrons. The smallest absolute Gasteiger partial charge is 0.220 e. The number of carbonyl (C=O) groups is 1. The minimum atomic E-state index is 0.180. The lowest BCUT2D eigenvalue weighted by molar-refractivity contribution is -0.121. The fraction of sp³-hybridized carbons (Fsp3) is 0.474. The number of rotatable bonds is 5. The maximum absolute atomic E-state index is 12.0. The summed E-state index contributed by atoms with van der Waals surface area (Å²) in [6, 6.07) is 10.8. The fourth-order valence-corrected chi connectivity index (χ4v) is 3.32. The van der Waals surface area contributed by atoms with E-state index in [-0.39, 0.29) is 5.91 Å². The normalized spacial score (nSPS) is 15.0. The van der Waals surface area contributed by atoms with Crippen LogP contribution in [0.1, 0.15) is 49.1 Å². The summed E-state index contributed by atoms with van der Waals surface area (Å²) in [6.07, 6.45) is 6.13. The van der Waals surface area contributed by atoms with Gasteiger partial charge >= 0.3 is 0 Å². The zero-order chi connectivity index (χ0) is 16.2. The molecule has 2 aromatic rings. The summed E-state index contributed by atoms with van der Waals surface area (Å²) in [4.78, 5) is 12.0. The van der Waals surface area contributed by atoms with Crippen molar-refractivity contribution in [1.29, 1.82) is 0 Å². The molecule has 3 rings (SSSR count). The largest absolute Gasteiger partial charge is 0.353 e. The Bertz CT molecular complexity index is 666. The van der Waals surface area contributed by atoms with Gasteiger partial charge in [-0.25, -0.2) is 4.68 Å². The Morgan fingerprint density at radius 3 is 2.52 bits per heavy atom. The summed E-state index contributed by atoms with van der Waals surface area (Å²) in [7, 11) is 0. The summed E-state index contributed by atoms with van der Waals surface area (Å²) in [6.45, 7) is 4.06. The second-order valence-electron chi connectivity index (χ2n) is 6.55. The number of amides is 1. The first-order chi connectivity index (χ1) is 11.1. The van der Waals surface area contributed by atoms with Gasteiger partial charge in [-0.2, -0.15) is 5.10 Å². The molecule has 4 heteroatoms. The van der Waals surface area contributed by atoms with Gasteiger partial charge in [0, 0.05) is 18.2 Å².